The summed E-state index contributed by atoms with van der Waals surface area (Å²) >= 11 is 7.47. The molecule has 0 atom stereocenters. The molecule has 1 aromatic carbocycles. The van der Waals surface area contributed by atoms with Gasteiger partial charge >= 0.3 is 0 Å². The number of aromatic amines is 1. The molecule has 3 aromatic rings. The average molecular weight is 350 g/mol. The minimum Gasteiger partial charge on any atom is -0.295 e. The maximum atomic E-state index is 11.9. The predicted octanol–water partition coefficient (Wildman–Crippen LogP) is 2.08. The normalized spacial score (nSPS) is 10.7. The zero-order valence-corrected chi connectivity index (χ0v) is 13.6. The first-order valence-corrected chi connectivity index (χ1v) is 7.96. The van der Waals surface area contributed by atoms with Crippen molar-refractivity contribution in [3.8, 4) is 5.69 Å². The van der Waals surface area contributed by atoms with E-state index >= 15 is 0 Å². The molecular weight excluding hydrogens is 338 g/mol. The number of carbonyl (C=O) groups is 1. The first-order chi connectivity index (χ1) is 11.1. The van der Waals surface area contributed by atoms with E-state index in [4.69, 9.17) is 11.6 Å². The average Bonchev–Trinajstić information content (AvgIpc) is 3.19. The van der Waals surface area contributed by atoms with Crippen molar-refractivity contribution in [2.45, 2.75) is 12.1 Å². The van der Waals surface area contributed by atoms with Crippen molar-refractivity contribution in [1.82, 2.24) is 30.2 Å². The third-order valence-electron chi connectivity index (χ3n) is 3.03. The first-order valence-electron chi connectivity index (χ1n) is 6.60. The Balaban J connectivity index is 1.71. The van der Waals surface area contributed by atoms with Crippen LogP contribution in [0.4, 0.5) is 5.95 Å². The maximum Gasteiger partial charge on any atom is 0.269 e. The molecule has 2 heterocycles. The maximum absolute atomic E-state index is 11.9. The number of nitrogens with zero attached hydrogens (tertiary/aromatic N) is 5. The summed E-state index contributed by atoms with van der Waals surface area (Å²) < 4.78 is 1.90. The van der Waals surface area contributed by atoms with E-state index in [2.05, 4.69) is 30.9 Å². The van der Waals surface area contributed by atoms with E-state index in [1.54, 1.807) is 6.20 Å². The Morgan fingerprint density at radius 2 is 2.35 bits per heavy atom. The SMILES string of the molecule is Cc1c(Cl)cccc1-n1ccnc1SCC(=O)Nc1nn[nH]n1. The lowest BCUT2D eigenvalue weighted by molar-refractivity contribution is -0.113. The van der Waals surface area contributed by atoms with Crippen LogP contribution in [0.25, 0.3) is 5.69 Å². The van der Waals surface area contributed by atoms with Crippen molar-refractivity contribution in [2.24, 2.45) is 0 Å². The van der Waals surface area contributed by atoms with Crippen molar-refractivity contribution in [1.29, 1.82) is 0 Å². The number of anilines is 1. The van der Waals surface area contributed by atoms with Crippen LogP contribution in [0.2, 0.25) is 5.02 Å². The van der Waals surface area contributed by atoms with Gasteiger partial charge in [0.15, 0.2) is 5.16 Å². The Labute approximate surface area is 140 Å². The molecule has 2 aromatic heterocycles. The van der Waals surface area contributed by atoms with Gasteiger partial charge in [-0.15, -0.1) is 5.10 Å². The minimum atomic E-state index is -0.242. The van der Waals surface area contributed by atoms with Crippen molar-refractivity contribution in [3.63, 3.8) is 0 Å². The fraction of sp³-hybridized carbons (Fsp3) is 0.154. The van der Waals surface area contributed by atoms with Crippen LogP contribution in [-0.2, 0) is 4.79 Å². The molecule has 0 saturated heterocycles. The second-order valence-electron chi connectivity index (χ2n) is 4.54. The van der Waals surface area contributed by atoms with E-state index in [1.807, 2.05) is 35.9 Å². The highest BCUT2D eigenvalue weighted by molar-refractivity contribution is 7.99. The quantitative estimate of drug-likeness (QED) is 0.684. The van der Waals surface area contributed by atoms with Gasteiger partial charge in [0.2, 0.25) is 5.91 Å². The molecule has 0 spiro atoms. The molecule has 23 heavy (non-hydrogen) atoms. The number of hydrogen-bond acceptors (Lipinski definition) is 6. The number of benzene rings is 1. The molecular formula is C13H12ClN7OS. The lowest BCUT2D eigenvalue weighted by Crippen LogP contribution is -2.15. The molecule has 10 heteroatoms. The van der Waals surface area contributed by atoms with Crippen molar-refractivity contribution in [2.75, 3.05) is 11.1 Å². The van der Waals surface area contributed by atoms with Gasteiger partial charge in [-0.2, -0.15) is 5.21 Å². The minimum absolute atomic E-state index is 0.143. The van der Waals surface area contributed by atoms with Crippen molar-refractivity contribution < 1.29 is 4.79 Å². The van der Waals surface area contributed by atoms with Gasteiger partial charge < -0.3 is 0 Å². The van der Waals surface area contributed by atoms with Crippen LogP contribution in [-0.4, -0.2) is 41.8 Å². The highest BCUT2D eigenvalue weighted by Crippen LogP contribution is 2.26. The van der Waals surface area contributed by atoms with E-state index < -0.39 is 0 Å². The topological polar surface area (TPSA) is 101 Å². The number of tetrazole rings is 1. The number of rotatable bonds is 5. The van der Waals surface area contributed by atoms with Gasteiger partial charge in [0.1, 0.15) is 0 Å². The molecule has 0 unspecified atom stereocenters. The predicted molar refractivity (Wildman–Crippen MR) is 86.8 cm³/mol. The third kappa shape index (κ3) is 3.51. The van der Waals surface area contributed by atoms with Gasteiger partial charge in [0.05, 0.1) is 11.4 Å². The van der Waals surface area contributed by atoms with Crippen molar-refractivity contribution >= 4 is 35.2 Å². The Bertz CT molecular complexity index is 818. The lowest BCUT2D eigenvalue weighted by atomic mass is 10.2. The number of carbonyl (C=O) groups excluding carboxylic acids is 1. The first kappa shape index (κ1) is 15.5. The van der Waals surface area contributed by atoms with Crippen LogP contribution in [0.15, 0.2) is 35.7 Å². The van der Waals surface area contributed by atoms with Gasteiger partial charge in [-0.25, -0.2) is 4.98 Å². The fourth-order valence-electron chi connectivity index (χ4n) is 1.94. The zero-order valence-electron chi connectivity index (χ0n) is 12.0. The molecule has 0 aliphatic rings. The summed E-state index contributed by atoms with van der Waals surface area (Å²) in [5, 5.41) is 16.9. The molecule has 0 bridgehead atoms. The Kier molecular flexibility index (Phi) is 4.58. The number of H-pyrrole nitrogens is 1. The number of halogens is 1. The molecule has 1 amide bonds. The molecule has 2 N–H and O–H groups in total. The summed E-state index contributed by atoms with van der Waals surface area (Å²) in [5.74, 6) is 0.0731. The molecule has 0 radical (unpaired) electrons. The van der Waals surface area contributed by atoms with Gasteiger partial charge in [0, 0.05) is 17.4 Å². The van der Waals surface area contributed by atoms with Crippen LogP contribution in [0.3, 0.4) is 0 Å². The standard InChI is InChI=1S/C13H12ClN7OS/c1-8-9(14)3-2-4-10(8)21-6-5-15-13(21)23-7-11(22)16-12-17-19-20-18-12/h2-6H,7H2,1H3,(H2,16,17,18,19,20,22). The molecule has 0 aliphatic heterocycles. The van der Waals surface area contributed by atoms with E-state index in [9.17, 15) is 4.79 Å². The molecule has 0 fully saturated rings. The van der Waals surface area contributed by atoms with Crippen LogP contribution in [0, 0.1) is 6.92 Å². The second kappa shape index (κ2) is 6.80. The zero-order chi connectivity index (χ0) is 16.2. The summed E-state index contributed by atoms with van der Waals surface area (Å²) in [5.41, 5.74) is 1.88. The fourth-order valence-corrected chi connectivity index (χ4v) is 2.88. The smallest absolute Gasteiger partial charge is 0.269 e. The Morgan fingerprint density at radius 1 is 1.48 bits per heavy atom. The summed E-state index contributed by atoms with van der Waals surface area (Å²) in [6.45, 7) is 1.94. The second-order valence-corrected chi connectivity index (χ2v) is 5.89. The number of amides is 1. The van der Waals surface area contributed by atoms with Gasteiger partial charge in [0.25, 0.3) is 5.95 Å². The Hall–Kier alpha value is -2.39. The van der Waals surface area contributed by atoms with E-state index in [-0.39, 0.29) is 17.6 Å². The number of thioether (sulfide) groups is 1. The molecule has 0 saturated carbocycles. The highest BCUT2D eigenvalue weighted by atomic mass is 35.5. The van der Waals surface area contributed by atoms with Gasteiger partial charge in [-0.3, -0.25) is 14.7 Å². The van der Waals surface area contributed by atoms with Crippen LogP contribution in [0.1, 0.15) is 5.56 Å². The van der Waals surface area contributed by atoms with Gasteiger partial charge in [-0.1, -0.05) is 34.5 Å². The lowest BCUT2D eigenvalue weighted by Gasteiger charge is -2.11. The largest absolute Gasteiger partial charge is 0.295 e. The molecule has 3 rings (SSSR count). The van der Waals surface area contributed by atoms with E-state index in [1.165, 1.54) is 11.8 Å². The summed E-state index contributed by atoms with van der Waals surface area (Å²) in [4.78, 5) is 16.1. The van der Waals surface area contributed by atoms with E-state index in [0.29, 0.717) is 10.2 Å². The Morgan fingerprint density at radius 3 is 3.13 bits per heavy atom. The molecule has 118 valence electrons. The van der Waals surface area contributed by atoms with Gasteiger partial charge in [-0.05, 0) is 29.8 Å². The summed E-state index contributed by atoms with van der Waals surface area (Å²) in [6.07, 6.45) is 3.51. The van der Waals surface area contributed by atoms with Crippen LogP contribution >= 0.6 is 23.4 Å². The highest BCUT2D eigenvalue weighted by Gasteiger charge is 2.12. The third-order valence-corrected chi connectivity index (χ3v) is 4.41. The summed E-state index contributed by atoms with van der Waals surface area (Å²) in [6, 6.07) is 5.66. The number of aromatic nitrogens is 6. The monoisotopic (exact) mass is 349 g/mol. The number of imidazole rings is 1. The number of hydrogen-bond donors (Lipinski definition) is 2. The molecule has 0 aliphatic carbocycles. The van der Waals surface area contributed by atoms with Crippen LogP contribution in [0.5, 0.6) is 0 Å². The van der Waals surface area contributed by atoms with Crippen molar-refractivity contribution in [3.05, 3.63) is 41.2 Å². The van der Waals surface area contributed by atoms with Crippen LogP contribution < -0.4 is 5.32 Å². The molecule has 8 nitrogen and oxygen atoms in total. The summed E-state index contributed by atoms with van der Waals surface area (Å²) in [7, 11) is 0. The number of nitrogens with one attached hydrogen (secondary N) is 2. The van der Waals surface area contributed by atoms with E-state index in [0.717, 1.165) is 11.3 Å².